The van der Waals surface area contributed by atoms with Crippen molar-refractivity contribution in [2.45, 2.75) is 45.8 Å². The third kappa shape index (κ3) is 5.10. The van der Waals surface area contributed by atoms with Gasteiger partial charge in [-0.2, -0.15) is 0 Å². The lowest BCUT2D eigenvalue weighted by molar-refractivity contribution is -0.122. The summed E-state index contributed by atoms with van der Waals surface area (Å²) in [6, 6.07) is 2.61. The van der Waals surface area contributed by atoms with Crippen LogP contribution in [0.4, 0.5) is 8.78 Å². The Balaban J connectivity index is 2.04. The summed E-state index contributed by atoms with van der Waals surface area (Å²) in [4.78, 5) is 32.0. The molecule has 9 heteroatoms. The maximum absolute atomic E-state index is 14.5. The average molecular weight is 434 g/mol. The lowest BCUT2D eigenvalue weighted by Gasteiger charge is -2.19. The molecule has 1 aromatic heterocycles. The van der Waals surface area contributed by atoms with Gasteiger partial charge < -0.3 is 20.1 Å². The van der Waals surface area contributed by atoms with Crippen molar-refractivity contribution in [3.8, 4) is 11.4 Å². The van der Waals surface area contributed by atoms with E-state index in [0.717, 1.165) is 19.0 Å². The van der Waals surface area contributed by atoms with Crippen molar-refractivity contribution >= 4 is 11.8 Å². The molecule has 168 valence electrons. The predicted molar refractivity (Wildman–Crippen MR) is 113 cm³/mol. The van der Waals surface area contributed by atoms with E-state index in [9.17, 15) is 18.4 Å². The van der Waals surface area contributed by atoms with Crippen molar-refractivity contribution in [2.24, 2.45) is 5.92 Å². The molecular formula is C22H29F2N5O2. The van der Waals surface area contributed by atoms with E-state index in [1.165, 1.54) is 19.2 Å². The van der Waals surface area contributed by atoms with E-state index in [0.29, 0.717) is 25.2 Å². The van der Waals surface area contributed by atoms with Gasteiger partial charge in [0.15, 0.2) is 5.69 Å². The maximum Gasteiger partial charge on any atom is 0.272 e. The number of amides is 2. The van der Waals surface area contributed by atoms with Gasteiger partial charge in [0.25, 0.3) is 5.91 Å². The standard InChI is InChI=1S/C22H29F2N5O2/c1-13(2)10-17(21(30)25-3)26-22(31)19-18-12-28(4)8-5-9-29(18)20(27-19)15-7-6-14(23)11-16(15)24/h6-7,11,13,17H,5,8-10,12H2,1-4H3,(H,25,30)(H,26,31)/t17-/m0/s1. The van der Waals surface area contributed by atoms with Crippen molar-refractivity contribution in [3.63, 3.8) is 0 Å². The summed E-state index contributed by atoms with van der Waals surface area (Å²) < 4.78 is 29.8. The maximum atomic E-state index is 14.5. The number of aromatic nitrogens is 2. The molecule has 2 heterocycles. The number of rotatable bonds is 6. The van der Waals surface area contributed by atoms with Crippen LogP contribution in [0, 0.1) is 17.6 Å². The number of carbonyl (C=O) groups is 2. The fourth-order valence-corrected chi connectivity index (χ4v) is 3.88. The summed E-state index contributed by atoms with van der Waals surface area (Å²) >= 11 is 0. The number of carbonyl (C=O) groups excluding carboxylic acids is 2. The zero-order valence-corrected chi connectivity index (χ0v) is 18.3. The van der Waals surface area contributed by atoms with Crippen molar-refractivity contribution in [1.29, 1.82) is 0 Å². The van der Waals surface area contributed by atoms with Crippen LogP contribution in [0.5, 0.6) is 0 Å². The molecule has 2 amide bonds. The Labute approximate surface area is 180 Å². The van der Waals surface area contributed by atoms with E-state index in [1.54, 1.807) is 0 Å². The third-order valence-corrected chi connectivity index (χ3v) is 5.38. The Morgan fingerprint density at radius 3 is 2.61 bits per heavy atom. The number of halogens is 2. The Morgan fingerprint density at radius 2 is 1.97 bits per heavy atom. The molecule has 1 atom stereocenters. The summed E-state index contributed by atoms with van der Waals surface area (Å²) in [5.41, 5.74) is 0.942. The Hall–Kier alpha value is -2.81. The minimum Gasteiger partial charge on any atom is -0.357 e. The van der Waals surface area contributed by atoms with Gasteiger partial charge in [-0.15, -0.1) is 0 Å². The van der Waals surface area contributed by atoms with E-state index < -0.39 is 23.6 Å². The number of benzene rings is 1. The normalized spacial score (nSPS) is 15.3. The van der Waals surface area contributed by atoms with E-state index in [1.807, 2.05) is 25.5 Å². The van der Waals surface area contributed by atoms with E-state index in [-0.39, 0.29) is 28.9 Å². The highest BCUT2D eigenvalue weighted by molar-refractivity contribution is 5.97. The fraction of sp³-hybridized carbons (Fsp3) is 0.500. The first-order valence-corrected chi connectivity index (χ1v) is 10.5. The van der Waals surface area contributed by atoms with Gasteiger partial charge in [-0.25, -0.2) is 13.8 Å². The van der Waals surface area contributed by atoms with Crippen LogP contribution in [0.15, 0.2) is 18.2 Å². The smallest absolute Gasteiger partial charge is 0.272 e. The summed E-state index contributed by atoms with van der Waals surface area (Å²) in [5, 5.41) is 5.37. The second-order valence-electron chi connectivity index (χ2n) is 8.37. The zero-order valence-electron chi connectivity index (χ0n) is 18.3. The van der Waals surface area contributed by atoms with Crippen LogP contribution >= 0.6 is 0 Å². The molecule has 0 saturated carbocycles. The molecule has 0 radical (unpaired) electrons. The number of likely N-dealkylation sites (N-methyl/N-ethyl adjacent to an activating group) is 1. The zero-order chi connectivity index (χ0) is 22.7. The largest absolute Gasteiger partial charge is 0.357 e. The van der Waals surface area contributed by atoms with Crippen molar-refractivity contribution in [2.75, 3.05) is 20.6 Å². The van der Waals surface area contributed by atoms with E-state index >= 15 is 0 Å². The Morgan fingerprint density at radius 1 is 1.23 bits per heavy atom. The van der Waals surface area contributed by atoms with Gasteiger partial charge in [-0.1, -0.05) is 13.8 Å². The predicted octanol–water partition coefficient (Wildman–Crippen LogP) is 2.55. The molecule has 1 aromatic carbocycles. The van der Waals surface area contributed by atoms with Gasteiger partial charge in [-0.05, 0) is 44.5 Å². The minimum absolute atomic E-state index is 0.135. The number of hydrogen-bond donors (Lipinski definition) is 2. The first-order chi connectivity index (χ1) is 14.7. The fourth-order valence-electron chi connectivity index (χ4n) is 3.88. The van der Waals surface area contributed by atoms with Crippen LogP contribution in [0.25, 0.3) is 11.4 Å². The second-order valence-corrected chi connectivity index (χ2v) is 8.37. The van der Waals surface area contributed by atoms with Crippen LogP contribution in [-0.2, 0) is 17.9 Å². The number of imidazole rings is 1. The summed E-state index contributed by atoms with van der Waals surface area (Å²) in [6.45, 7) is 5.75. The molecule has 3 rings (SSSR count). The lowest BCUT2D eigenvalue weighted by atomic mass is 10.0. The van der Waals surface area contributed by atoms with Crippen LogP contribution < -0.4 is 10.6 Å². The molecule has 0 aliphatic carbocycles. The van der Waals surface area contributed by atoms with Gasteiger partial charge in [0, 0.05) is 26.2 Å². The van der Waals surface area contributed by atoms with Gasteiger partial charge in [-0.3, -0.25) is 9.59 Å². The quantitative estimate of drug-likeness (QED) is 0.734. The molecule has 7 nitrogen and oxygen atoms in total. The first kappa shape index (κ1) is 22.9. The highest BCUT2D eigenvalue weighted by Gasteiger charge is 2.29. The highest BCUT2D eigenvalue weighted by atomic mass is 19.1. The SMILES string of the molecule is CNC(=O)[C@H](CC(C)C)NC(=O)c1nc(-c2ccc(F)cc2F)n2c1CN(C)CCC2. The molecule has 2 aromatic rings. The number of nitrogens with one attached hydrogen (secondary N) is 2. The summed E-state index contributed by atoms with van der Waals surface area (Å²) in [6.07, 6.45) is 1.27. The molecule has 1 aliphatic rings. The minimum atomic E-state index is -0.736. The van der Waals surface area contributed by atoms with Crippen LogP contribution in [0.1, 0.15) is 42.9 Å². The van der Waals surface area contributed by atoms with Gasteiger partial charge in [0.1, 0.15) is 23.5 Å². The third-order valence-electron chi connectivity index (χ3n) is 5.38. The number of fused-ring (bicyclic) bond motifs is 1. The Kier molecular flexibility index (Phi) is 7.04. The molecule has 0 unspecified atom stereocenters. The number of hydrogen-bond acceptors (Lipinski definition) is 4. The van der Waals surface area contributed by atoms with Gasteiger partial charge in [0.05, 0.1) is 11.3 Å². The molecule has 0 bridgehead atoms. The summed E-state index contributed by atoms with van der Waals surface area (Å²) in [5.74, 6) is -1.70. The molecule has 2 N–H and O–H groups in total. The topological polar surface area (TPSA) is 79.3 Å². The molecule has 0 spiro atoms. The average Bonchev–Trinajstić information content (AvgIpc) is 2.92. The Bertz CT molecular complexity index is 973. The van der Waals surface area contributed by atoms with Crippen LogP contribution in [-0.4, -0.2) is 52.9 Å². The summed E-state index contributed by atoms with van der Waals surface area (Å²) in [7, 11) is 3.46. The molecule has 31 heavy (non-hydrogen) atoms. The highest BCUT2D eigenvalue weighted by Crippen LogP contribution is 2.28. The molecule has 0 fully saturated rings. The lowest BCUT2D eigenvalue weighted by Crippen LogP contribution is -2.46. The van der Waals surface area contributed by atoms with Crippen molar-refractivity contribution in [3.05, 3.63) is 41.2 Å². The van der Waals surface area contributed by atoms with Crippen LogP contribution in [0.2, 0.25) is 0 Å². The molecule has 0 saturated heterocycles. The van der Waals surface area contributed by atoms with Crippen molar-refractivity contribution < 1.29 is 18.4 Å². The van der Waals surface area contributed by atoms with Crippen molar-refractivity contribution in [1.82, 2.24) is 25.1 Å². The second kappa shape index (κ2) is 9.55. The van der Waals surface area contributed by atoms with Gasteiger partial charge >= 0.3 is 0 Å². The van der Waals surface area contributed by atoms with Gasteiger partial charge in [0.2, 0.25) is 5.91 Å². The first-order valence-electron chi connectivity index (χ1n) is 10.5. The molecule has 1 aliphatic heterocycles. The van der Waals surface area contributed by atoms with Crippen LogP contribution in [0.3, 0.4) is 0 Å². The van der Waals surface area contributed by atoms with E-state index in [4.69, 9.17) is 0 Å². The monoisotopic (exact) mass is 433 g/mol. The van der Waals surface area contributed by atoms with E-state index in [2.05, 4.69) is 20.5 Å². The molecular weight excluding hydrogens is 404 g/mol. The number of nitrogens with zero attached hydrogens (tertiary/aromatic N) is 3.